The van der Waals surface area contributed by atoms with E-state index in [1.54, 1.807) is 13.2 Å². The third-order valence-corrected chi connectivity index (χ3v) is 4.50. The maximum atomic E-state index is 12.5. The van der Waals surface area contributed by atoms with E-state index in [2.05, 4.69) is 17.2 Å². The second kappa shape index (κ2) is 8.52. The summed E-state index contributed by atoms with van der Waals surface area (Å²) < 4.78 is 5.30. The maximum absolute atomic E-state index is 12.5. The maximum Gasteiger partial charge on any atom is 0.227 e. The van der Waals surface area contributed by atoms with Crippen molar-refractivity contribution < 1.29 is 14.3 Å². The van der Waals surface area contributed by atoms with Crippen LogP contribution in [0.25, 0.3) is 0 Å². The van der Waals surface area contributed by atoms with Crippen molar-refractivity contribution in [3.05, 3.63) is 36.4 Å². The summed E-state index contributed by atoms with van der Waals surface area (Å²) in [5, 5.41) is 5.81. The number of rotatable bonds is 6. The lowest BCUT2D eigenvalue weighted by Crippen LogP contribution is -2.35. The molecule has 2 N–H and O–H groups in total. The molecule has 2 rings (SSSR count). The standard InChI is InChI=1S/C19H26N2O3/c1-4-11-20-18(22)14-6-8-15(9-7-14)19(23)21-16-12-13(2)5-10-17(16)24-3/h4-5,10,12,14-15H,1,6-9,11H2,2-3H3,(H,20,22)(H,21,23). The topological polar surface area (TPSA) is 67.4 Å². The summed E-state index contributed by atoms with van der Waals surface area (Å²) >= 11 is 0. The van der Waals surface area contributed by atoms with Crippen LogP contribution < -0.4 is 15.4 Å². The van der Waals surface area contributed by atoms with Crippen molar-refractivity contribution in [1.82, 2.24) is 5.32 Å². The Hall–Kier alpha value is -2.30. The summed E-state index contributed by atoms with van der Waals surface area (Å²) in [6.45, 7) is 6.06. The lowest BCUT2D eigenvalue weighted by molar-refractivity contribution is -0.128. The number of ether oxygens (including phenoxy) is 1. The van der Waals surface area contributed by atoms with Crippen LogP contribution >= 0.6 is 0 Å². The monoisotopic (exact) mass is 330 g/mol. The molecular weight excluding hydrogens is 304 g/mol. The highest BCUT2D eigenvalue weighted by Gasteiger charge is 2.30. The molecule has 0 bridgehead atoms. The van der Waals surface area contributed by atoms with Gasteiger partial charge in [-0.3, -0.25) is 9.59 Å². The molecule has 0 unspecified atom stereocenters. The van der Waals surface area contributed by atoms with E-state index in [1.807, 2.05) is 25.1 Å². The van der Waals surface area contributed by atoms with Crippen molar-refractivity contribution in [3.63, 3.8) is 0 Å². The molecule has 2 amide bonds. The minimum atomic E-state index is -0.0568. The van der Waals surface area contributed by atoms with Gasteiger partial charge in [-0.1, -0.05) is 12.1 Å². The SMILES string of the molecule is C=CCNC(=O)C1CCC(C(=O)Nc2cc(C)ccc2OC)CC1. The van der Waals surface area contributed by atoms with Gasteiger partial charge in [0.1, 0.15) is 5.75 Å². The fourth-order valence-corrected chi connectivity index (χ4v) is 3.09. The van der Waals surface area contributed by atoms with E-state index in [9.17, 15) is 9.59 Å². The van der Waals surface area contributed by atoms with Gasteiger partial charge in [-0.05, 0) is 50.3 Å². The van der Waals surface area contributed by atoms with Crippen LogP contribution in [0.1, 0.15) is 31.2 Å². The zero-order valence-electron chi connectivity index (χ0n) is 14.4. The van der Waals surface area contributed by atoms with E-state index < -0.39 is 0 Å². The first-order chi connectivity index (χ1) is 11.5. The highest BCUT2D eigenvalue weighted by Crippen LogP contribution is 2.31. The molecule has 5 nitrogen and oxygen atoms in total. The van der Waals surface area contributed by atoms with Gasteiger partial charge in [-0.2, -0.15) is 0 Å². The molecule has 24 heavy (non-hydrogen) atoms. The number of amides is 2. The number of nitrogens with one attached hydrogen (secondary N) is 2. The van der Waals surface area contributed by atoms with Crippen molar-refractivity contribution in [3.8, 4) is 5.75 Å². The largest absolute Gasteiger partial charge is 0.495 e. The van der Waals surface area contributed by atoms with Gasteiger partial charge in [0, 0.05) is 18.4 Å². The van der Waals surface area contributed by atoms with Crippen molar-refractivity contribution in [1.29, 1.82) is 0 Å². The average Bonchev–Trinajstić information content (AvgIpc) is 2.60. The molecule has 0 heterocycles. The fraction of sp³-hybridized carbons (Fsp3) is 0.474. The van der Waals surface area contributed by atoms with Crippen LogP contribution in [-0.4, -0.2) is 25.5 Å². The van der Waals surface area contributed by atoms with Crippen LogP contribution in [0, 0.1) is 18.8 Å². The number of carbonyl (C=O) groups excluding carboxylic acids is 2. The van der Waals surface area contributed by atoms with Crippen LogP contribution in [0.5, 0.6) is 5.75 Å². The van der Waals surface area contributed by atoms with Crippen LogP contribution in [0.3, 0.4) is 0 Å². The van der Waals surface area contributed by atoms with E-state index in [0.29, 0.717) is 18.0 Å². The van der Waals surface area contributed by atoms with Gasteiger partial charge in [0.25, 0.3) is 0 Å². The first-order valence-electron chi connectivity index (χ1n) is 8.39. The molecule has 130 valence electrons. The Morgan fingerprint density at radius 3 is 2.42 bits per heavy atom. The number of aryl methyl sites for hydroxylation is 1. The molecule has 0 aliphatic heterocycles. The molecule has 1 aliphatic rings. The Bertz CT molecular complexity index is 605. The van der Waals surface area contributed by atoms with Gasteiger partial charge in [0.2, 0.25) is 11.8 Å². The lowest BCUT2D eigenvalue weighted by Gasteiger charge is -2.27. The van der Waals surface area contributed by atoms with Crippen molar-refractivity contribution in [2.75, 3.05) is 19.0 Å². The molecule has 0 atom stereocenters. The van der Waals surface area contributed by atoms with Gasteiger partial charge in [0.05, 0.1) is 12.8 Å². The smallest absolute Gasteiger partial charge is 0.227 e. The quantitative estimate of drug-likeness (QED) is 0.788. The molecule has 1 aliphatic carbocycles. The Kier molecular flexibility index (Phi) is 6.41. The predicted octanol–water partition coefficient (Wildman–Crippen LogP) is 3.05. The number of hydrogen-bond acceptors (Lipinski definition) is 3. The van der Waals surface area contributed by atoms with E-state index in [1.165, 1.54) is 0 Å². The number of methoxy groups -OCH3 is 1. The Morgan fingerprint density at radius 1 is 1.21 bits per heavy atom. The van der Waals surface area contributed by atoms with Crippen molar-refractivity contribution in [2.24, 2.45) is 11.8 Å². The number of carbonyl (C=O) groups is 2. The molecule has 1 saturated carbocycles. The number of anilines is 1. The zero-order chi connectivity index (χ0) is 17.5. The summed E-state index contributed by atoms with van der Waals surface area (Å²) in [6, 6.07) is 5.71. The van der Waals surface area contributed by atoms with Gasteiger partial charge in [-0.25, -0.2) is 0 Å². The molecule has 1 aromatic rings. The number of benzene rings is 1. The van der Waals surface area contributed by atoms with Crippen LogP contribution in [0.4, 0.5) is 5.69 Å². The van der Waals surface area contributed by atoms with Gasteiger partial charge < -0.3 is 15.4 Å². The van der Waals surface area contributed by atoms with Crippen LogP contribution in [0.15, 0.2) is 30.9 Å². The van der Waals surface area contributed by atoms with E-state index >= 15 is 0 Å². The zero-order valence-corrected chi connectivity index (χ0v) is 14.4. The minimum Gasteiger partial charge on any atom is -0.495 e. The third kappa shape index (κ3) is 4.60. The minimum absolute atomic E-state index is 0.00232. The predicted molar refractivity (Wildman–Crippen MR) is 95.0 cm³/mol. The van der Waals surface area contributed by atoms with Crippen molar-refractivity contribution in [2.45, 2.75) is 32.6 Å². The molecular formula is C19H26N2O3. The molecule has 0 radical (unpaired) electrons. The van der Waals surface area contributed by atoms with E-state index in [0.717, 1.165) is 31.2 Å². The van der Waals surface area contributed by atoms with E-state index in [4.69, 9.17) is 4.74 Å². The summed E-state index contributed by atoms with van der Waals surface area (Å²) in [5.74, 6) is 0.672. The van der Waals surface area contributed by atoms with Gasteiger partial charge in [-0.15, -0.1) is 6.58 Å². The number of hydrogen-bond donors (Lipinski definition) is 2. The van der Waals surface area contributed by atoms with Crippen molar-refractivity contribution >= 4 is 17.5 Å². The fourth-order valence-electron chi connectivity index (χ4n) is 3.09. The summed E-state index contributed by atoms with van der Waals surface area (Å²) in [4.78, 5) is 24.5. The molecule has 5 heteroatoms. The second-order valence-corrected chi connectivity index (χ2v) is 6.28. The first-order valence-corrected chi connectivity index (χ1v) is 8.39. The average molecular weight is 330 g/mol. The molecule has 0 aromatic heterocycles. The molecule has 0 spiro atoms. The Labute approximate surface area is 143 Å². The molecule has 0 saturated heterocycles. The van der Waals surface area contributed by atoms with Crippen LogP contribution in [0.2, 0.25) is 0 Å². The summed E-state index contributed by atoms with van der Waals surface area (Å²) in [7, 11) is 1.59. The second-order valence-electron chi connectivity index (χ2n) is 6.28. The highest BCUT2D eigenvalue weighted by molar-refractivity contribution is 5.94. The lowest BCUT2D eigenvalue weighted by atomic mass is 9.81. The first kappa shape index (κ1) is 18.0. The Balaban J connectivity index is 1.90. The third-order valence-electron chi connectivity index (χ3n) is 4.50. The molecule has 1 fully saturated rings. The summed E-state index contributed by atoms with van der Waals surface area (Å²) in [5.41, 5.74) is 1.77. The Morgan fingerprint density at radius 2 is 1.83 bits per heavy atom. The van der Waals surface area contributed by atoms with E-state index in [-0.39, 0.29) is 23.7 Å². The highest BCUT2D eigenvalue weighted by atomic mass is 16.5. The molecule has 1 aromatic carbocycles. The summed E-state index contributed by atoms with van der Waals surface area (Å²) in [6.07, 6.45) is 4.61. The van der Waals surface area contributed by atoms with Crippen LogP contribution in [-0.2, 0) is 9.59 Å². The normalized spacial score (nSPS) is 20.1. The van der Waals surface area contributed by atoms with Gasteiger partial charge in [0.15, 0.2) is 0 Å². The van der Waals surface area contributed by atoms with Gasteiger partial charge >= 0.3 is 0 Å².